The van der Waals surface area contributed by atoms with Crippen LogP contribution in [0.25, 0.3) is 0 Å². The summed E-state index contributed by atoms with van der Waals surface area (Å²) in [6, 6.07) is 0. The number of hydrogen-bond acceptors (Lipinski definition) is 4. The molecule has 1 atom stereocenters. The second-order valence-electron chi connectivity index (χ2n) is 10.4. The van der Waals surface area contributed by atoms with E-state index in [0.29, 0.717) is 12.1 Å². The number of carbonyl (C=O) groups excluding carboxylic acids is 1. The summed E-state index contributed by atoms with van der Waals surface area (Å²) in [6.07, 6.45) is 1.61. The van der Waals surface area contributed by atoms with Gasteiger partial charge in [-0.1, -0.05) is 20.4 Å². The smallest absolute Gasteiger partial charge is 0.416 e. The molecule has 1 amide bonds. The molecule has 0 radical (unpaired) electrons. The number of carbonyl (C=O) groups is 1. The Balaban J connectivity index is 6.65. The predicted molar refractivity (Wildman–Crippen MR) is 130 cm³/mol. The van der Waals surface area contributed by atoms with Crippen LogP contribution in [0.3, 0.4) is 0 Å². The molecule has 9 heteroatoms. The van der Waals surface area contributed by atoms with Crippen LogP contribution in [0.5, 0.6) is 0 Å². The minimum absolute atomic E-state index is 0.0249. The van der Waals surface area contributed by atoms with Crippen molar-refractivity contribution in [2.24, 2.45) is 0 Å². The lowest BCUT2D eigenvalue weighted by atomic mass is 10.2. The van der Waals surface area contributed by atoms with Crippen molar-refractivity contribution in [3.8, 4) is 0 Å². The molecule has 0 aromatic carbocycles. The second kappa shape index (κ2) is 10.3. The Hall–Kier alpha value is -0.0425. The van der Waals surface area contributed by atoms with Gasteiger partial charge in [0.1, 0.15) is 0 Å². The zero-order valence-electron chi connectivity index (χ0n) is 20.5. The van der Waals surface area contributed by atoms with Crippen LogP contribution in [0.2, 0.25) is 58.9 Å². The summed E-state index contributed by atoms with van der Waals surface area (Å²) in [4.78, 5) is 15.0. The zero-order valence-corrected chi connectivity index (χ0v) is 24.5. The molecule has 0 aromatic rings. The van der Waals surface area contributed by atoms with Gasteiger partial charge < -0.3 is 17.2 Å². The first-order valence-corrected chi connectivity index (χ1v) is 22.5. The largest absolute Gasteiger partial charge is 0.493 e. The van der Waals surface area contributed by atoms with E-state index in [-0.39, 0.29) is 11.6 Å². The molecule has 0 bridgehead atoms. The normalized spacial score (nSPS) is 14.7. The van der Waals surface area contributed by atoms with Gasteiger partial charge in [0.05, 0.1) is 5.67 Å². The Bertz CT molecular complexity index is 495. The van der Waals surface area contributed by atoms with Crippen LogP contribution in [0.4, 0.5) is 0 Å². The van der Waals surface area contributed by atoms with E-state index in [2.05, 4.69) is 79.3 Å². The van der Waals surface area contributed by atoms with E-state index in [1.807, 2.05) is 4.90 Å². The Morgan fingerprint density at radius 2 is 1.21 bits per heavy atom. The molecule has 166 valence electrons. The van der Waals surface area contributed by atoms with Crippen LogP contribution in [0.15, 0.2) is 12.2 Å². The highest BCUT2D eigenvalue weighted by Gasteiger charge is 2.58. The van der Waals surface area contributed by atoms with Gasteiger partial charge in [-0.15, -0.1) is 0 Å². The maximum Gasteiger partial charge on any atom is 0.493 e. The number of nitrogens with zero attached hydrogens (tertiary/aromatic N) is 1. The minimum Gasteiger partial charge on any atom is -0.416 e. The van der Waals surface area contributed by atoms with Gasteiger partial charge in [0.25, 0.3) is 0 Å². The SMILES string of the molecule is C=C(C)C(=O)N(CCC)C(CC)[Si](O[Si](C)(C)C)(O[Si](C)(C)C)O[Si](C)(C)C. The van der Waals surface area contributed by atoms with Gasteiger partial charge in [-0.2, -0.15) is 0 Å². The fraction of sp³-hybridized carbons (Fsp3) is 0.842. The van der Waals surface area contributed by atoms with Gasteiger partial charge >= 0.3 is 8.80 Å². The van der Waals surface area contributed by atoms with Crippen molar-refractivity contribution in [2.45, 2.75) is 98.2 Å². The molecular weight excluding hydrogens is 419 g/mol. The molecule has 0 aliphatic rings. The highest BCUT2D eigenvalue weighted by Crippen LogP contribution is 2.32. The molecule has 0 heterocycles. The summed E-state index contributed by atoms with van der Waals surface area (Å²) in [7, 11) is -9.21. The molecule has 0 N–H and O–H groups in total. The first-order valence-electron chi connectivity index (χ1n) is 10.4. The molecule has 0 aliphatic carbocycles. The Labute approximate surface area is 178 Å². The summed E-state index contributed by atoms with van der Waals surface area (Å²) >= 11 is 0. The Morgan fingerprint density at radius 3 is 1.43 bits per heavy atom. The first kappa shape index (κ1) is 28.0. The third-order valence-electron chi connectivity index (χ3n) is 3.61. The lowest BCUT2D eigenvalue weighted by Gasteiger charge is -2.49. The van der Waals surface area contributed by atoms with Crippen molar-refractivity contribution < 1.29 is 17.1 Å². The maximum absolute atomic E-state index is 13.1. The van der Waals surface area contributed by atoms with Crippen LogP contribution in [-0.4, -0.2) is 56.8 Å². The van der Waals surface area contributed by atoms with Crippen LogP contribution < -0.4 is 0 Å². The average Bonchev–Trinajstić information content (AvgIpc) is 2.40. The van der Waals surface area contributed by atoms with Gasteiger partial charge in [-0.05, 0) is 78.7 Å². The van der Waals surface area contributed by atoms with Gasteiger partial charge in [-0.3, -0.25) is 4.79 Å². The fourth-order valence-electron chi connectivity index (χ4n) is 3.09. The van der Waals surface area contributed by atoms with Gasteiger partial charge in [0.2, 0.25) is 5.91 Å². The van der Waals surface area contributed by atoms with E-state index in [1.165, 1.54) is 0 Å². The van der Waals surface area contributed by atoms with Gasteiger partial charge in [0, 0.05) is 12.1 Å². The lowest BCUT2D eigenvalue weighted by molar-refractivity contribution is -0.129. The average molecular weight is 464 g/mol. The van der Waals surface area contributed by atoms with E-state index in [4.69, 9.17) is 12.3 Å². The van der Waals surface area contributed by atoms with Crippen LogP contribution >= 0.6 is 0 Å². The molecule has 5 nitrogen and oxygen atoms in total. The summed E-state index contributed by atoms with van der Waals surface area (Å²) in [5.74, 6) is -0.0249. The van der Waals surface area contributed by atoms with Crippen molar-refractivity contribution in [3.63, 3.8) is 0 Å². The summed E-state index contributed by atoms with van der Waals surface area (Å²) in [5.41, 5.74) is 0.352. The summed E-state index contributed by atoms with van der Waals surface area (Å²) in [6.45, 7) is 30.1. The molecular formula is C19H45NO4Si4. The van der Waals surface area contributed by atoms with Crippen molar-refractivity contribution in [2.75, 3.05) is 6.54 Å². The lowest BCUT2D eigenvalue weighted by Crippen LogP contribution is -2.71. The highest BCUT2D eigenvalue weighted by molar-refractivity contribution is 6.90. The number of rotatable bonds is 12. The van der Waals surface area contributed by atoms with Crippen molar-refractivity contribution in [1.82, 2.24) is 4.90 Å². The molecule has 28 heavy (non-hydrogen) atoms. The van der Waals surface area contributed by atoms with Crippen molar-refractivity contribution >= 4 is 39.7 Å². The highest BCUT2D eigenvalue weighted by atomic mass is 28.5. The third kappa shape index (κ3) is 9.64. The van der Waals surface area contributed by atoms with Gasteiger partial charge in [-0.25, -0.2) is 0 Å². The molecule has 0 aromatic heterocycles. The minimum atomic E-state index is -3.19. The topological polar surface area (TPSA) is 48.0 Å². The summed E-state index contributed by atoms with van der Waals surface area (Å²) < 4.78 is 20.6. The zero-order chi connectivity index (χ0) is 22.6. The Kier molecular flexibility index (Phi) is 10.3. The maximum atomic E-state index is 13.1. The number of hydrogen-bond donors (Lipinski definition) is 0. The number of amides is 1. The molecule has 0 aliphatic heterocycles. The molecule has 0 spiro atoms. The van der Waals surface area contributed by atoms with Crippen LogP contribution in [-0.2, 0) is 17.1 Å². The van der Waals surface area contributed by atoms with Gasteiger partial charge in [0.15, 0.2) is 25.0 Å². The molecule has 0 fully saturated rings. The Morgan fingerprint density at radius 1 is 0.857 bits per heavy atom. The van der Waals surface area contributed by atoms with Crippen LogP contribution in [0, 0.1) is 0 Å². The van der Waals surface area contributed by atoms with E-state index in [1.54, 1.807) is 6.92 Å². The van der Waals surface area contributed by atoms with Crippen molar-refractivity contribution in [3.05, 3.63) is 12.2 Å². The molecule has 1 unspecified atom stereocenters. The predicted octanol–water partition coefficient (Wildman–Crippen LogP) is 5.61. The van der Waals surface area contributed by atoms with Crippen LogP contribution in [0.1, 0.15) is 33.6 Å². The standard InChI is InChI=1S/C19H45NO4Si4/c1-14-16-20(19(21)17(3)4)18(15-2)28(22-25(5,6)7,23-26(8,9)10)24-27(11,12)13/h18H,3,14-16H2,1-2,4-13H3. The van der Waals surface area contributed by atoms with E-state index < -0.39 is 33.8 Å². The monoisotopic (exact) mass is 463 g/mol. The quantitative estimate of drug-likeness (QED) is 0.279. The molecule has 0 saturated carbocycles. The summed E-state index contributed by atoms with van der Waals surface area (Å²) in [5, 5.41) is 0. The fourth-order valence-corrected chi connectivity index (χ4v) is 17.7. The van der Waals surface area contributed by atoms with E-state index >= 15 is 0 Å². The van der Waals surface area contributed by atoms with E-state index in [0.717, 1.165) is 12.8 Å². The van der Waals surface area contributed by atoms with E-state index in [9.17, 15) is 4.79 Å². The second-order valence-corrected chi connectivity index (χ2v) is 27.4. The van der Waals surface area contributed by atoms with Crippen molar-refractivity contribution in [1.29, 1.82) is 0 Å². The molecule has 0 saturated heterocycles. The first-order chi connectivity index (χ1) is 12.4. The third-order valence-corrected chi connectivity index (χ3v) is 15.9. The molecule has 0 rings (SSSR count).